The number of hydrogen-bond donors (Lipinski definition) is 1. The Morgan fingerprint density at radius 1 is 0.895 bits per heavy atom. The predicted molar refractivity (Wildman–Crippen MR) is 81.9 cm³/mol. The number of allylic oxidation sites excluding steroid dienone is 1. The summed E-state index contributed by atoms with van der Waals surface area (Å²) in [6, 6.07) is 0.390. The van der Waals surface area contributed by atoms with Crippen LogP contribution in [-0.4, -0.2) is 6.04 Å². The Balaban J connectivity index is 1.60. The smallest absolute Gasteiger partial charge is 0.0282 e. The first kappa shape index (κ1) is 13.7. The topological polar surface area (TPSA) is 26.0 Å². The summed E-state index contributed by atoms with van der Waals surface area (Å²) in [5.41, 5.74) is 8.25. The van der Waals surface area contributed by atoms with Crippen LogP contribution in [0.3, 0.4) is 0 Å². The molecule has 1 heteroatoms. The minimum atomic E-state index is 0.390. The molecule has 0 amide bonds. The normalized spacial score (nSPS) is 37.9. The average molecular weight is 261 g/mol. The molecular weight excluding hydrogens is 230 g/mol. The van der Waals surface area contributed by atoms with Crippen molar-refractivity contribution in [3.8, 4) is 0 Å². The van der Waals surface area contributed by atoms with Gasteiger partial charge in [-0.25, -0.2) is 0 Å². The van der Waals surface area contributed by atoms with Gasteiger partial charge in [0.15, 0.2) is 0 Å². The van der Waals surface area contributed by atoms with E-state index in [-0.39, 0.29) is 0 Å². The van der Waals surface area contributed by atoms with Crippen molar-refractivity contribution in [1.29, 1.82) is 0 Å². The van der Waals surface area contributed by atoms with Crippen LogP contribution in [-0.2, 0) is 0 Å². The molecular formula is C18H31N. The number of nitrogens with two attached hydrogens (primary N) is 1. The lowest BCUT2D eigenvalue weighted by molar-refractivity contribution is 0.122. The van der Waals surface area contributed by atoms with Crippen LogP contribution in [0.2, 0.25) is 0 Å². The third-order valence-corrected chi connectivity index (χ3v) is 6.09. The Labute approximate surface area is 119 Å². The summed E-state index contributed by atoms with van der Waals surface area (Å²) in [6.45, 7) is 0. The third-order valence-electron chi connectivity index (χ3n) is 6.09. The van der Waals surface area contributed by atoms with E-state index in [2.05, 4.69) is 6.08 Å². The highest BCUT2D eigenvalue weighted by Gasteiger charge is 2.35. The van der Waals surface area contributed by atoms with E-state index in [4.69, 9.17) is 5.73 Å². The van der Waals surface area contributed by atoms with Crippen LogP contribution in [0.5, 0.6) is 0 Å². The molecule has 3 aliphatic carbocycles. The summed E-state index contributed by atoms with van der Waals surface area (Å²) in [6.07, 6.45) is 19.5. The SMILES string of the molecule is NC(C1=CCCCCC1)C1CCC2CCCCC2C1. The van der Waals surface area contributed by atoms with E-state index < -0.39 is 0 Å². The highest BCUT2D eigenvalue weighted by atomic mass is 14.7. The first-order valence-corrected chi connectivity index (χ1v) is 8.79. The summed E-state index contributed by atoms with van der Waals surface area (Å²) >= 11 is 0. The van der Waals surface area contributed by atoms with Crippen LogP contribution in [0.15, 0.2) is 11.6 Å². The molecule has 0 aromatic rings. The molecule has 0 radical (unpaired) electrons. The molecule has 0 heterocycles. The van der Waals surface area contributed by atoms with Crippen molar-refractivity contribution in [2.75, 3.05) is 0 Å². The lowest BCUT2D eigenvalue weighted by atomic mass is 9.65. The van der Waals surface area contributed by atoms with Gasteiger partial charge >= 0.3 is 0 Å². The summed E-state index contributed by atoms with van der Waals surface area (Å²) in [4.78, 5) is 0. The summed E-state index contributed by atoms with van der Waals surface area (Å²) < 4.78 is 0. The minimum Gasteiger partial charge on any atom is -0.324 e. The van der Waals surface area contributed by atoms with Gasteiger partial charge in [-0.15, -0.1) is 0 Å². The van der Waals surface area contributed by atoms with Crippen molar-refractivity contribution < 1.29 is 0 Å². The molecule has 3 aliphatic rings. The van der Waals surface area contributed by atoms with E-state index in [0.29, 0.717) is 6.04 Å². The first-order valence-electron chi connectivity index (χ1n) is 8.79. The van der Waals surface area contributed by atoms with Gasteiger partial charge in [0.25, 0.3) is 0 Å². The van der Waals surface area contributed by atoms with Gasteiger partial charge in [0, 0.05) is 6.04 Å². The second-order valence-electron chi connectivity index (χ2n) is 7.28. The van der Waals surface area contributed by atoms with E-state index in [1.165, 1.54) is 77.0 Å². The number of rotatable bonds is 2. The zero-order valence-corrected chi connectivity index (χ0v) is 12.4. The van der Waals surface area contributed by atoms with Crippen molar-refractivity contribution in [2.45, 2.75) is 83.1 Å². The predicted octanol–water partition coefficient (Wildman–Crippen LogP) is 4.81. The van der Waals surface area contributed by atoms with Crippen LogP contribution in [0.25, 0.3) is 0 Å². The van der Waals surface area contributed by atoms with E-state index in [1.807, 2.05) is 0 Å². The molecule has 1 nitrogen and oxygen atoms in total. The zero-order chi connectivity index (χ0) is 13.1. The molecule has 2 saturated carbocycles. The fourth-order valence-electron chi connectivity index (χ4n) is 4.88. The lowest BCUT2D eigenvalue weighted by Crippen LogP contribution is -2.38. The van der Waals surface area contributed by atoms with Gasteiger partial charge in [-0.2, -0.15) is 0 Å². The molecule has 0 bridgehead atoms. The molecule has 0 saturated heterocycles. The maximum absolute atomic E-state index is 6.65. The van der Waals surface area contributed by atoms with Crippen molar-refractivity contribution in [1.82, 2.24) is 0 Å². The molecule has 0 spiro atoms. The standard InChI is InChI=1S/C18H31N/c19-18(15-8-3-1-2-4-9-15)17-12-11-14-7-5-6-10-16(14)13-17/h8,14,16-18H,1-7,9-13,19H2. The highest BCUT2D eigenvalue weighted by Crippen LogP contribution is 2.44. The fraction of sp³-hybridized carbons (Fsp3) is 0.889. The van der Waals surface area contributed by atoms with Crippen LogP contribution in [0, 0.1) is 17.8 Å². The molecule has 2 N–H and O–H groups in total. The second-order valence-corrected chi connectivity index (χ2v) is 7.28. The van der Waals surface area contributed by atoms with Gasteiger partial charge < -0.3 is 5.73 Å². The Hall–Kier alpha value is -0.300. The van der Waals surface area contributed by atoms with E-state index >= 15 is 0 Å². The molecule has 0 aliphatic heterocycles. The summed E-state index contributed by atoms with van der Waals surface area (Å²) in [5.74, 6) is 2.87. The van der Waals surface area contributed by atoms with E-state index in [0.717, 1.165) is 17.8 Å². The maximum atomic E-state index is 6.65. The molecule has 0 aromatic heterocycles. The van der Waals surface area contributed by atoms with Gasteiger partial charge in [0.1, 0.15) is 0 Å². The Morgan fingerprint density at radius 3 is 2.63 bits per heavy atom. The largest absolute Gasteiger partial charge is 0.324 e. The summed E-state index contributed by atoms with van der Waals surface area (Å²) in [7, 11) is 0. The zero-order valence-electron chi connectivity index (χ0n) is 12.4. The van der Waals surface area contributed by atoms with E-state index in [9.17, 15) is 0 Å². The molecule has 4 atom stereocenters. The van der Waals surface area contributed by atoms with Gasteiger partial charge in [0.2, 0.25) is 0 Å². The highest BCUT2D eigenvalue weighted by molar-refractivity contribution is 5.13. The third kappa shape index (κ3) is 3.24. The molecule has 0 aromatic carbocycles. The van der Waals surface area contributed by atoms with Crippen molar-refractivity contribution in [3.63, 3.8) is 0 Å². The second kappa shape index (κ2) is 6.43. The number of fused-ring (bicyclic) bond motifs is 1. The molecule has 108 valence electrons. The van der Waals surface area contributed by atoms with Crippen molar-refractivity contribution in [2.24, 2.45) is 23.5 Å². The van der Waals surface area contributed by atoms with Crippen molar-refractivity contribution >= 4 is 0 Å². The van der Waals surface area contributed by atoms with Crippen LogP contribution in [0.4, 0.5) is 0 Å². The van der Waals surface area contributed by atoms with Crippen molar-refractivity contribution in [3.05, 3.63) is 11.6 Å². The van der Waals surface area contributed by atoms with Gasteiger partial charge in [-0.1, -0.05) is 43.8 Å². The van der Waals surface area contributed by atoms with Crippen LogP contribution in [0.1, 0.15) is 77.0 Å². The quantitative estimate of drug-likeness (QED) is 0.709. The average Bonchev–Trinajstić information content (AvgIpc) is 2.75. The molecule has 19 heavy (non-hydrogen) atoms. The van der Waals surface area contributed by atoms with Gasteiger partial charge in [-0.05, 0) is 62.7 Å². The van der Waals surface area contributed by atoms with Gasteiger partial charge in [-0.3, -0.25) is 0 Å². The number of hydrogen-bond acceptors (Lipinski definition) is 1. The Kier molecular flexibility index (Phi) is 4.63. The Morgan fingerprint density at radius 2 is 1.74 bits per heavy atom. The van der Waals surface area contributed by atoms with Crippen LogP contribution >= 0.6 is 0 Å². The van der Waals surface area contributed by atoms with E-state index in [1.54, 1.807) is 5.57 Å². The first-order chi connectivity index (χ1) is 9.34. The monoisotopic (exact) mass is 261 g/mol. The minimum absolute atomic E-state index is 0.390. The lowest BCUT2D eigenvalue weighted by Gasteiger charge is -2.41. The van der Waals surface area contributed by atoms with Gasteiger partial charge in [0.05, 0.1) is 0 Å². The maximum Gasteiger partial charge on any atom is 0.0282 e. The molecule has 3 rings (SSSR count). The Bertz CT molecular complexity index is 320. The van der Waals surface area contributed by atoms with Crippen LogP contribution < -0.4 is 5.73 Å². The molecule has 4 unspecified atom stereocenters. The summed E-state index contributed by atoms with van der Waals surface area (Å²) in [5, 5.41) is 0. The molecule has 2 fully saturated rings. The fourth-order valence-corrected chi connectivity index (χ4v) is 4.88.